The fourth-order valence-corrected chi connectivity index (χ4v) is 3.77. The summed E-state index contributed by atoms with van der Waals surface area (Å²) in [6.45, 7) is 12.4. The summed E-state index contributed by atoms with van der Waals surface area (Å²) in [5.41, 5.74) is 3.54. The number of nitrogens with one attached hydrogen (secondary N) is 1. The summed E-state index contributed by atoms with van der Waals surface area (Å²) in [7, 11) is -1.78. The molecule has 1 aliphatic heterocycles. The fourth-order valence-electron chi connectivity index (χ4n) is 2.74. The second kappa shape index (κ2) is 6.28. The van der Waals surface area contributed by atoms with Crippen molar-refractivity contribution in [2.45, 2.75) is 64.7 Å². The number of nitrogens with zero attached hydrogens (tertiary/aromatic N) is 2. The van der Waals surface area contributed by atoms with Crippen LogP contribution < -0.4 is 9.74 Å². The van der Waals surface area contributed by atoms with Crippen LogP contribution in [0.2, 0.25) is 18.1 Å². The van der Waals surface area contributed by atoms with Crippen molar-refractivity contribution in [3.05, 3.63) is 36.2 Å². The Bertz CT molecular complexity index is 698. The fraction of sp³-hybridized carbons (Fsp3) is 0.526. The van der Waals surface area contributed by atoms with Gasteiger partial charge in [-0.3, -0.25) is 4.68 Å². The standard InChI is InChI=1S/C19H29N3OSi/c1-19(2,3)24(4,5)23-16-11-9-15(10-12-16)21-17-14-20-22-13-7-6-8-18(17)22/h9-12,14,21H,6-8,13H2,1-5H3. The average Bonchev–Trinajstić information content (AvgIpc) is 2.91. The van der Waals surface area contributed by atoms with Crippen molar-refractivity contribution in [3.63, 3.8) is 0 Å². The van der Waals surface area contributed by atoms with Crippen LogP contribution in [0.4, 0.5) is 11.4 Å². The Morgan fingerprint density at radius 3 is 2.50 bits per heavy atom. The zero-order valence-corrected chi connectivity index (χ0v) is 16.5. The third kappa shape index (κ3) is 3.51. The molecule has 0 atom stereocenters. The molecule has 1 aromatic heterocycles. The van der Waals surface area contributed by atoms with Crippen LogP contribution in [0.3, 0.4) is 0 Å². The first-order valence-corrected chi connectivity index (χ1v) is 11.8. The van der Waals surface area contributed by atoms with Crippen molar-refractivity contribution in [2.24, 2.45) is 0 Å². The highest BCUT2D eigenvalue weighted by Crippen LogP contribution is 2.37. The van der Waals surface area contributed by atoms with E-state index in [2.05, 4.69) is 73.2 Å². The topological polar surface area (TPSA) is 39.1 Å². The van der Waals surface area contributed by atoms with Crippen LogP contribution in [-0.2, 0) is 13.0 Å². The van der Waals surface area contributed by atoms with Crippen LogP contribution in [0, 0.1) is 0 Å². The van der Waals surface area contributed by atoms with Gasteiger partial charge in [0.2, 0.25) is 8.32 Å². The summed E-state index contributed by atoms with van der Waals surface area (Å²) in [6, 6.07) is 8.32. The minimum Gasteiger partial charge on any atom is -0.544 e. The third-order valence-electron chi connectivity index (χ3n) is 5.29. The van der Waals surface area contributed by atoms with Gasteiger partial charge >= 0.3 is 0 Å². The Hall–Kier alpha value is -1.75. The number of anilines is 2. The molecular formula is C19H29N3OSi. The normalized spacial score (nSPS) is 15.0. The molecule has 0 fully saturated rings. The maximum Gasteiger partial charge on any atom is 0.250 e. The molecule has 5 heteroatoms. The maximum absolute atomic E-state index is 6.34. The zero-order valence-electron chi connectivity index (χ0n) is 15.5. The minimum atomic E-state index is -1.78. The van der Waals surface area contributed by atoms with E-state index in [0.29, 0.717) is 0 Å². The third-order valence-corrected chi connectivity index (χ3v) is 9.65. The molecule has 24 heavy (non-hydrogen) atoms. The molecule has 1 aromatic carbocycles. The lowest BCUT2D eigenvalue weighted by Crippen LogP contribution is -2.43. The first kappa shape index (κ1) is 17.1. The summed E-state index contributed by atoms with van der Waals surface area (Å²) in [5.74, 6) is 0.962. The number of aromatic nitrogens is 2. The summed E-state index contributed by atoms with van der Waals surface area (Å²) >= 11 is 0. The van der Waals surface area contributed by atoms with E-state index in [-0.39, 0.29) is 5.04 Å². The number of rotatable bonds is 4. The lowest BCUT2D eigenvalue weighted by atomic mass is 10.1. The van der Waals surface area contributed by atoms with E-state index >= 15 is 0 Å². The Balaban J connectivity index is 1.70. The largest absolute Gasteiger partial charge is 0.544 e. The van der Waals surface area contributed by atoms with E-state index in [9.17, 15) is 0 Å². The molecule has 0 radical (unpaired) electrons. The molecule has 0 saturated carbocycles. The van der Waals surface area contributed by atoms with Gasteiger partial charge in [0.25, 0.3) is 0 Å². The van der Waals surface area contributed by atoms with Crippen molar-refractivity contribution >= 4 is 19.7 Å². The summed E-state index contributed by atoms with van der Waals surface area (Å²) in [5, 5.41) is 8.20. The molecule has 0 spiro atoms. The average molecular weight is 344 g/mol. The number of benzene rings is 1. The van der Waals surface area contributed by atoms with Crippen LogP contribution in [0.25, 0.3) is 0 Å². The Labute approximate surface area is 146 Å². The molecule has 2 aromatic rings. The lowest BCUT2D eigenvalue weighted by molar-refractivity contribution is 0.487. The molecule has 2 heterocycles. The molecule has 0 amide bonds. The van der Waals surface area contributed by atoms with Crippen LogP contribution >= 0.6 is 0 Å². The molecule has 0 unspecified atom stereocenters. The van der Waals surface area contributed by atoms with E-state index in [0.717, 1.165) is 30.1 Å². The van der Waals surface area contributed by atoms with Gasteiger partial charge < -0.3 is 9.74 Å². The number of fused-ring (bicyclic) bond motifs is 1. The van der Waals surface area contributed by atoms with Crippen molar-refractivity contribution < 1.29 is 4.43 Å². The minimum absolute atomic E-state index is 0.209. The van der Waals surface area contributed by atoms with Gasteiger partial charge in [-0.2, -0.15) is 5.10 Å². The van der Waals surface area contributed by atoms with Crippen molar-refractivity contribution in [2.75, 3.05) is 5.32 Å². The molecule has 130 valence electrons. The summed E-state index contributed by atoms with van der Waals surface area (Å²) in [6.07, 6.45) is 5.53. The molecule has 0 aliphatic carbocycles. The van der Waals surface area contributed by atoms with Gasteiger partial charge in [0.15, 0.2) is 0 Å². The predicted molar refractivity (Wildman–Crippen MR) is 103 cm³/mol. The SMILES string of the molecule is CC(C)(C)[Si](C)(C)Oc1ccc(Nc2cnn3c2CCCC3)cc1. The second-order valence-electron chi connectivity index (χ2n) is 8.20. The smallest absolute Gasteiger partial charge is 0.250 e. The molecule has 3 rings (SSSR count). The Kier molecular flexibility index (Phi) is 4.47. The van der Waals surface area contributed by atoms with Crippen LogP contribution in [0.1, 0.15) is 39.3 Å². The zero-order chi connectivity index (χ0) is 17.4. The van der Waals surface area contributed by atoms with Gasteiger partial charge in [0.1, 0.15) is 5.75 Å². The van der Waals surface area contributed by atoms with Gasteiger partial charge in [-0.15, -0.1) is 0 Å². The predicted octanol–water partition coefficient (Wildman–Crippen LogP) is 5.35. The van der Waals surface area contributed by atoms with E-state index < -0.39 is 8.32 Å². The van der Waals surface area contributed by atoms with Crippen LogP contribution in [0.5, 0.6) is 5.75 Å². The van der Waals surface area contributed by atoms with Gasteiger partial charge in [0, 0.05) is 12.2 Å². The molecular weight excluding hydrogens is 314 g/mol. The number of hydrogen-bond acceptors (Lipinski definition) is 3. The first-order chi connectivity index (χ1) is 11.3. The number of aryl methyl sites for hydroxylation is 1. The van der Waals surface area contributed by atoms with E-state index in [4.69, 9.17) is 4.43 Å². The molecule has 1 aliphatic rings. The highest BCUT2D eigenvalue weighted by Gasteiger charge is 2.38. The highest BCUT2D eigenvalue weighted by atomic mass is 28.4. The van der Waals surface area contributed by atoms with Gasteiger partial charge in [-0.25, -0.2) is 0 Å². The Morgan fingerprint density at radius 2 is 1.83 bits per heavy atom. The lowest BCUT2D eigenvalue weighted by Gasteiger charge is -2.36. The van der Waals surface area contributed by atoms with Gasteiger partial charge in [0.05, 0.1) is 17.6 Å². The monoisotopic (exact) mass is 343 g/mol. The van der Waals surface area contributed by atoms with Crippen LogP contribution in [0.15, 0.2) is 30.5 Å². The maximum atomic E-state index is 6.34. The van der Waals surface area contributed by atoms with E-state index in [1.54, 1.807) is 0 Å². The molecule has 0 bridgehead atoms. The van der Waals surface area contributed by atoms with Crippen molar-refractivity contribution in [1.29, 1.82) is 0 Å². The summed E-state index contributed by atoms with van der Waals surface area (Å²) in [4.78, 5) is 0. The van der Waals surface area contributed by atoms with Crippen molar-refractivity contribution in [1.82, 2.24) is 9.78 Å². The van der Waals surface area contributed by atoms with Crippen molar-refractivity contribution in [3.8, 4) is 5.75 Å². The molecule has 0 saturated heterocycles. The van der Waals surface area contributed by atoms with Gasteiger partial charge in [-0.05, 0) is 61.7 Å². The second-order valence-corrected chi connectivity index (χ2v) is 12.9. The van der Waals surface area contributed by atoms with E-state index in [1.165, 1.54) is 18.5 Å². The quantitative estimate of drug-likeness (QED) is 0.761. The summed E-state index contributed by atoms with van der Waals surface area (Å²) < 4.78 is 8.47. The van der Waals surface area contributed by atoms with E-state index in [1.807, 2.05) is 6.20 Å². The Morgan fingerprint density at radius 1 is 1.12 bits per heavy atom. The highest BCUT2D eigenvalue weighted by molar-refractivity contribution is 6.74. The molecule has 1 N–H and O–H groups in total. The van der Waals surface area contributed by atoms with Gasteiger partial charge in [-0.1, -0.05) is 20.8 Å². The molecule has 4 nitrogen and oxygen atoms in total. The number of hydrogen-bond donors (Lipinski definition) is 1. The first-order valence-electron chi connectivity index (χ1n) is 8.87. The van der Waals surface area contributed by atoms with Crippen LogP contribution in [-0.4, -0.2) is 18.1 Å².